The number of benzene rings is 1. The second-order valence-electron chi connectivity index (χ2n) is 4.66. The van der Waals surface area contributed by atoms with Gasteiger partial charge in [-0.1, -0.05) is 37.6 Å². The highest BCUT2D eigenvalue weighted by atomic mass is 35.5. The number of hydrogen-bond acceptors (Lipinski definition) is 2. The van der Waals surface area contributed by atoms with Crippen molar-refractivity contribution in [3.05, 3.63) is 28.9 Å². The Balaban J connectivity index is 2.81. The second-order valence-corrected chi connectivity index (χ2v) is 5.01. The molecule has 2 aromatic rings. The van der Waals surface area contributed by atoms with Crippen LogP contribution in [0.5, 0.6) is 0 Å². The number of aryl methyl sites for hydroxylation is 1. The van der Waals surface area contributed by atoms with E-state index in [-0.39, 0.29) is 12.0 Å². The van der Waals surface area contributed by atoms with Gasteiger partial charge in [-0.2, -0.15) is 5.10 Å². The fourth-order valence-corrected chi connectivity index (χ4v) is 2.22. The Kier molecular flexibility index (Phi) is 2.68. The summed E-state index contributed by atoms with van der Waals surface area (Å²) in [6, 6.07) is 5.93. The zero-order chi connectivity index (χ0) is 11.9. The minimum atomic E-state index is -0.313. The molecule has 0 spiro atoms. The van der Waals surface area contributed by atoms with Crippen molar-refractivity contribution in [2.24, 2.45) is 7.05 Å². The molecule has 3 nitrogen and oxygen atoms in total. The summed E-state index contributed by atoms with van der Waals surface area (Å²) >= 11 is 6.13. The third-order valence-electron chi connectivity index (χ3n) is 2.96. The van der Waals surface area contributed by atoms with Crippen molar-refractivity contribution in [1.82, 2.24) is 9.78 Å². The van der Waals surface area contributed by atoms with Gasteiger partial charge in [0.05, 0.1) is 12.1 Å². The number of hydrogen-bond donors (Lipinski definition) is 1. The molecule has 1 aromatic heterocycles. The van der Waals surface area contributed by atoms with Gasteiger partial charge in [-0.25, -0.2) is 0 Å². The highest BCUT2D eigenvalue weighted by Crippen LogP contribution is 2.33. The molecule has 1 N–H and O–H groups in total. The molecule has 0 amide bonds. The van der Waals surface area contributed by atoms with Crippen molar-refractivity contribution >= 4 is 22.5 Å². The van der Waals surface area contributed by atoms with Crippen LogP contribution in [0.3, 0.4) is 0 Å². The molecule has 0 fully saturated rings. The Labute approximate surface area is 99.6 Å². The minimum absolute atomic E-state index is 0.0807. The highest BCUT2D eigenvalue weighted by Gasteiger charge is 2.24. The molecular formula is C12H15ClN2O. The maximum atomic E-state index is 9.43. The summed E-state index contributed by atoms with van der Waals surface area (Å²) in [6.45, 7) is 4.06. The van der Waals surface area contributed by atoms with Crippen LogP contribution < -0.4 is 0 Å². The lowest BCUT2D eigenvalue weighted by molar-refractivity contribution is 0.219. The van der Waals surface area contributed by atoms with E-state index in [0.717, 1.165) is 16.5 Å². The summed E-state index contributed by atoms with van der Waals surface area (Å²) in [5.41, 5.74) is 1.71. The number of aromatic nitrogens is 2. The molecule has 0 unspecified atom stereocenters. The predicted octanol–water partition coefficient (Wildman–Crippen LogP) is 2.50. The van der Waals surface area contributed by atoms with Crippen LogP contribution in [0, 0.1) is 0 Å². The molecule has 0 aliphatic heterocycles. The Morgan fingerprint density at radius 1 is 1.44 bits per heavy atom. The van der Waals surface area contributed by atoms with Crippen molar-refractivity contribution in [3.8, 4) is 0 Å². The minimum Gasteiger partial charge on any atom is -0.395 e. The Morgan fingerprint density at radius 2 is 2.12 bits per heavy atom. The van der Waals surface area contributed by atoms with E-state index in [1.165, 1.54) is 0 Å². The molecular weight excluding hydrogens is 224 g/mol. The van der Waals surface area contributed by atoms with Crippen LogP contribution in [0.25, 0.3) is 10.9 Å². The number of aliphatic hydroxyl groups is 1. The molecule has 1 aromatic carbocycles. The predicted molar refractivity (Wildman–Crippen MR) is 65.8 cm³/mol. The molecule has 2 rings (SSSR count). The number of aliphatic hydroxyl groups excluding tert-OH is 1. The maximum absolute atomic E-state index is 9.43. The van der Waals surface area contributed by atoms with Gasteiger partial charge in [0.2, 0.25) is 0 Å². The Hall–Kier alpha value is -1.06. The third-order valence-corrected chi connectivity index (χ3v) is 3.22. The molecule has 1 heterocycles. The fourth-order valence-electron chi connectivity index (χ4n) is 1.91. The normalized spacial score (nSPS) is 12.3. The lowest BCUT2D eigenvalue weighted by Crippen LogP contribution is -2.22. The highest BCUT2D eigenvalue weighted by molar-refractivity contribution is 6.34. The third kappa shape index (κ3) is 1.60. The van der Waals surface area contributed by atoms with E-state index in [2.05, 4.69) is 5.10 Å². The summed E-state index contributed by atoms with van der Waals surface area (Å²) in [5.74, 6) is 0. The van der Waals surface area contributed by atoms with Crippen molar-refractivity contribution < 1.29 is 5.11 Å². The molecule has 0 aliphatic carbocycles. The summed E-state index contributed by atoms with van der Waals surface area (Å²) in [4.78, 5) is 0. The van der Waals surface area contributed by atoms with Crippen molar-refractivity contribution in [3.63, 3.8) is 0 Å². The first kappa shape index (κ1) is 11.4. The van der Waals surface area contributed by atoms with Crippen LogP contribution in [-0.2, 0) is 12.5 Å². The maximum Gasteiger partial charge on any atom is 0.159 e. The number of fused-ring (bicyclic) bond motifs is 1. The van der Waals surface area contributed by atoms with Gasteiger partial charge >= 0.3 is 0 Å². The summed E-state index contributed by atoms with van der Waals surface area (Å²) in [6.07, 6.45) is 0. The van der Waals surface area contributed by atoms with Crippen LogP contribution >= 0.6 is 11.6 Å². The largest absolute Gasteiger partial charge is 0.395 e. The molecule has 0 radical (unpaired) electrons. The molecule has 0 saturated heterocycles. The molecule has 0 saturated carbocycles. The average molecular weight is 239 g/mol. The Bertz CT molecular complexity index is 531. The first-order chi connectivity index (χ1) is 7.47. The summed E-state index contributed by atoms with van der Waals surface area (Å²) < 4.78 is 1.76. The molecule has 4 heteroatoms. The Morgan fingerprint density at radius 3 is 2.75 bits per heavy atom. The van der Waals surface area contributed by atoms with Gasteiger partial charge in [0.25, 0.3) is 0 Å². The van der Waals surface area contributed by atoms with E-state index in [1.54, 1.807) is 4.68 Å². The van der Waals surface area contributed by atoms with Crippen LogP contribution in [0.4, 0.5) is 0 Å². The molecule has 16 heavy (non-hydrogen) atoms. The van der Waals surface area contributed by atoms with E-state index in [1.807, 2.05) is 39.1 Å². The number of halogens is 1. The first-order valence-corrected chi connectivity index (χ1v) is 5.58. The first-order valence-electron chi connectivity index (χ1n) is 5.20. The van der Waals surface area contributed by atoms with Gasteiger partial charge < -0.3 is 5.11 Å². The van der Waals surface area contributed by atoms with Crippen LogP contribution in [0.1, 0.15) is 19.4 Å². The zero-order valence-corrected chi connectivity index (χ0v) is 10.4. The van der Waals surface area contributed by atoms with Gasteiger partial charge in [-0.15, -0.1) is 0 Å². The average Bonchev–Trinajstić information content (AvgIpc) is 2.55. The standard InChI is InChI=1S/C12H15ClN2O/c1-12(2,7-16)8-5-4-6-9-10(8)11(13)14-15(9)3/h4-6,16H,7H2,1-3H3. The monoisotopic (exact) mass is 238 g/mol. The smallest absolute Gasteiger partial charge is 0.159 e. The van der Waals surface area contributed by atoms with E-state index >= 15 is 0 Å². The zero-order valence-electron chi connectivity index (χ0n) is 9.66. The number of nitrogens with zero attached hydrogens (tertiary/aromatic N) is 2. The quantitative estimate of drug-likeness (QED) is 0.873. The van der Waals surface area contributed by atoms with Gasteiger partial charge in [-0.3, -0.25) is 4.68 Å². The van der Waals surface area contributed by atoms with Crippen molar-refractivity contribution in [2.45, 2.75) is 19.3 Å². The lowest BCUT2D eigenvalue weighted by atomic mass is 9.84. The molecule has 86 valence electrons. The molecule has 0 bridgehead atoms. The molecule has 0 aliphatic rings. The fraction of sp³-hybridized carbons (Fsp3) is 0.417. The van der Waals surface area contributed by atoms with Crippen LogP contribution in [0.15, 0.2) is 18.2 Å². The van der Waals surface area contributed by atoms with Gasteiger partial charge in [0.1, 0.15) is 0 Å². The summed E-state index contributed by atoms with van der Waals surface area (Å²) in [7, 11) is 1.87. The van der Waals surface area contributed by atoms with Gasteiger partial charge in [-0.05, 0) is 11.6 Å². The number of rotatable bonds is 2. The van der Waals surface area contributed by atoms with E-state index in [0.29, 0.717) is 5.15 Å². The van der Waals surface area contributed by atoms with Crippen LogP contribution in [0.2, 0.25) is 5.15 Å². The summed E-state index contributed by atoms with van der Waals surface area (Å²) in [5, 5.41) is 15.1. The van der Waals surface area contributed by atoms with E-state index in [4.69, 9.17) is 11.6 Å². The van der Waals surface area contributed by atoms with Crippen molar-refractivity contribution in [2.75, 3.05) is 6.61 Å². The molecule has 0 atom stereocenters. The topological polar surface area (TPSA) is 38.0 Å². The van der Waals surface area contributed by atoms with Gasteiger partial charge in [0, 0.05) is 17.8 Å². The van der Waals surface area contributed by atoms with E-state index in [9.17, 15) is 5.11 Å². The lowest BCUT2D eigenvalue weighted by Gasteiger charge is -2.23. The van der Waals surface area contributed by atoms with Gasteiger partial charge in [0.15, 0.2) is 5.15 Å². The van der Waals surface area contributed by atoms with E-state index < -0.39 is 0 Å². The SMILES string of the molecule is Cn1nc(Cl)c2c(C(C)(C)CO)cccc21. The van der Waals surface area contributed by atoms with Crippen molar-refractivity contribution in [1.29, 1.82) is 0 Å². The second kappa shape index (κ2) is 3.75. The van der Waals surface area contributed by atoms with Crippen LogP contribution in [-0.4, -0.2) is 21.5 Å².